The molecule has 5 unspecified atom stereocenters. The zero-order chi connectivity index (χ0) is 23.3. The molecule has 0 aromatic rings. The van der Waals surface area contributed by atoms with Crippen molar-refractivity contribution >= 4 is 11.9 Å². The summed E-state index contributed by atoms with van der Waals surface area (Å²) in [5.41, 5.74) is 0.451. The quantitative estimate of drug-likeness (QED) is 0.496. The molecule has 182 valence electrons. The van der Waals surface area contributed by atoms with Gasteiger partial charge >= 0.3 is 5.97 Å². The van der Waals surface area contributed by atoms with Crippen LogP contribution in [0.15, 0.2) is 0 Å². The normalized spacial score (nSPS) is 46.5. The summed E-state index contributed by atoms with van der Waals surface area (Å²) >= 11 is 0. The first-order chi connectivity index (χ1) is 15.1. The largest absolute Gasteiger partial charge is 0.480 e. The Kier molecular flexibility index (Phi) is 6.68. The van der Waals surface area contributed by atoms with Gasteiger partial charge in [-0.1, -0.05) is 20.8 Å². The Morgan fingerprint density at radius 1 is 1.00 bits per heavy atom. The fraction of sp³-hybridized carbons (Fsp3) is 0.923. The van der Waals surface area contributed by atoms with Crippen molar-refractivity contribution in [1.82, 2.24) is 5.32 Å². The average molecular weight is 450 g/mol. The molecule has 32 heavy (non-hydrogen) atoms. The third-order valence-electron chi connectivity index (χ3n) is 10.7. The van der Waals surface area contributed by atoms with Crippen molar-refractivity contribution in [2.24, 2.45) is 46.3 Å². The van der Waals surface area contributed by atoms with E-state index in [4.69, 9.17) is 5.11 Å². The maximum absolute atomic E-state index is 12.0. The molecule has 0 aliphatic heterocycles. The second-order valence-electron chi connectivity index (χ2n) is 12.1. The maximum Gasteiger partial charge on any atom is 0.322 e. The van der Waals surface area contributed by atoms with Crippen LogP contribution in [-0.4, -0.2) is 45.9 Å². The van der Waals surface area contributed by atoms with Crippen molar-refractivity contribution in [3.8, 4) is 0 Å². The number of fused-ring (bicyclic) bond motifs is 5. The van der Waals surface area contributed by atoms with Crippen LogP contribution >= 0.6 is 0 Å². The van der Waals surface area contributed by atoms with Gasteiger partial charge in [-0.15, -0.1) is 0 Å². The summed E-state index contributed by atoms with van der Waals surface area (Å²) < 4.78 is 0. The molecule has 4 saturated carbocycles. The number of carboxylic acids is 1. The van der Waals surface area contributed by atoms with E-state index in [2.05, 4.69) is 26.1 Å². The number of carbonyl (C=O) groups excluding carboxylic acids is 1. The van der Waals surface area contributed by atoms with Crippen LogP contribution in [0.5, 0.6) is 0 Å². The van der Waals surface area contributed by atoms with Gasteiger partial charge in [0.25, 0.3) is 0 Å². The zero-order valence-corrected chi connectivity index (χ0v) is 20.1. The van der Waals surface area contributed by atoms with Gasteiger partial charge in [0.05, 0.1) is 12.2 Å². The summed E-state index contributed by atoms with van der Waals surface area (Å²) in [4.78, 5) is 22.7. The van der Waals surface area contributed by atoms with E-state index in [1.807, 2.05) is 0 Å². The lowest BCUT2D eigenvalue weighted by atomic mass is 9.43. The summed E-state index contributed by atoms with van der Waals surface area (Å²) in [5.74, 6) is 1.66. The van der Waals surface area contributed by atoms with Gasteiger partial charge in [0.15, 0.2) is 0 Å². The lowest BCUT2D eigenvalue weighted by molar-refractivity contribution is -0.174. The Morgan fingerprint density at radius 3 is 2.41 bits per heavy atom. The number of amides is 1. The number of aliphatic hydroxyl groups excluding tert-OH is 2. The molecule has 4 N–H and O–H groups in total. The summed E-state index contributed by atoms with van der Waals surface area (Å²) in [6.07, 6.45) is 9.06. The minimum Gasteiger partial charge on any atom is -0.480 e. The highest BCUT2D eigenvalue weighted by Gasteiger charge is 2.62. The topological polar surface area (TPSA) is 107 Å². The summed E-state index contributed by atoms with van der Waals surface area (Å²) in [5, 5.41) is 32.8. The Bertz CT molecular complexity index is 727. The highest BCUT2D eigenvalue weighted by molar-refractivity contribution is 5.81. The minimum absolute atomic E-state index is 0.177. The first kappa shape index (κ1) is 24.0. The highest BCUT2D eigenvalue weighted by Crippen LogP contribution is 2.68. The lowest BCUT2D eigenvalue weighted by Crippen LogP contribution is -2.58. The number of carbonyl (C=O) groups is 2. The van der Waals surface area contributed by atoms with Crippen molar-refractivity contribution in [2.45, 2.75) is 97.2 Å². The van der Waals surface area contributed by atoms with E-state index in [9.17, 15) is 19.8 Å². The van der Waals surface area contributed by atoms with Crippen LogP contribution in [0, 0.1) is 46.3 Å². The number of hydrogen-bond donors (Lipinski definition) is 4. The lowest BCUT2D eigenvalue weighted by Gasteiger charge is -2.62. The van der Waals surface area contributed by atoms with Crippen LogP contribution in [0.25, 0.3) is 0 Å². The molecule has 4 rings (SSSR count). The van der Waals surface area contributed by atoms with Crippen LogP contribution in [-0.2, 0) is 9.59 Å². The molecule has 1 amide bonds. The van der Waals surface area contributed by atoms with E-state index in [0.29, 0.717) is 41.9 Å². The number of hydrogen-bond acceptors (Lipinski definition) is 4. The fourth-order valence-electron chi connectivity index (χ4n) is 9.00. The van der Waals surface area contributed by atoms with Gasteiger partial charge in [0.2, 0.25) is 5.91 Å². The van der Waals surface area contributed by atoms with Crippen molar-refractivity contribution in [3.05, 3.63) is 0 Å². The molecule has 0 heterocycles. The first-order valence-corrected chi connectivity index (χ1v) is 12.9. The van der Waals surface area contributed by atoms with E-state index in [-0.39, 0.29) is 35.5 Å². The Hall–Kier alpha value is -1.14. The predicted octanol–water partition coefficient (Wildman–Crippen LogP) is 3.59. The number of rotatable bonds is 6. The molecule has 0 aromatic carbocycles. The number of nitrogens with one attached hydrogen (secondary N) is 1. The Balaban J connectivity index is 1.44. The van der Waals surface area contributed by atoms with Crippen LogP contribution in [0.1, 0.15) is 85.0 Å². The molecule has 0 spiro atoms. The van der Waals surface area contributed by atoms with Crippen molar-refractivity contribution in [2.75, 3.05) is 6.54 Å². The molecule has 4 fully saturated rings. The number of carboxylic acid groups (broad SMARTS) is 1. The van der Waals surface area contributed by atoms with Crippen LogP contribution in [0.4, 0.5) is 0 Å². The molecule has 0 aromatic heterocycles. The van der Waals surface area contributed by atoms with Crippen molar-refractivity contribution < 1.29 is 24.9 Å². The maximum atomic E-state index is 12.0. The van der Waals surface area contributed by atoms with Crippen molar-refractivity contribution in [1.29, 1.82) is 0 Å². The Morgan fingerprint density at radius 2 is 1.69 bits per heavy atom. The monoisotopic (exact) mass is 449 g/mol. The predicted molar refractivity (Wildman–Crippen MR) is 122 cm³/mol. The molecule has 0 saturated heterocycles. The molecule has 4 aliphatic carbocycles. The first-order valence-electron chi connectivity index (χ1n) is 12.9. The third-order valence-corrected chi connectivity index (χ3v) is 10.7. The second-order valence-corrected chi connectivity index (χ2v) is 12.1. The van der Waals surface area contributed by atoms with E-state index < -0.39 is 5.97 Å². The van der Waals surface area contributed by atoms with Gasteiger partial charge in [0, 0.05) is 6.42 Å². The molecule has 4 aliphatic rings. The van der Waals surface area contributed by atoms with Crippen LogP contribution in [0.2, 0.25) is 0 Å². The second kappa shape index (κ2) is 8.90. The molecule has 6 nitrogen and oxygen atoms in total. The van der Waals surface area contributed by atoms with Gasteiger partial charge in [-0.3, -0.25) is 9.59 Å². The van der Waals surface area contributed by atoms with Gasteiger partial charge in [-0.05, 0) is 104 Å². The van der Waals surface area contributed by atoms with Gasteiger partial charge in [-0.25, -0.2) is 0 Å². The number of aliphatic carboxylic acids is 1. The standard InChI is InChI=1S/C26H43NO5/c1-15(4-7-22(30)27-14-23(31)32)18-5-6-19-24-20(9-11-26(18,19)3)25(2)10-8-17(28)12-16(25)13-21(24)29/h15-21,24,28-29H,4-14H2,1-3H3,(H,27,30)(H,31,32)/t15-,16+,17-,18?,19?,20?,21?,24?,25+,26-/m1/s1. The van der Waals surface area contributed by atoms with Gasteiger partial charge < -0.3 is 20.6 Å². The molecular formula is C26H43NO5. The average Bonchev–Trinajstić information content (AvgIpc) is 3.09. The van der Waals surface area contributed by atoms with E-state index in [1.165, 1.54) is 12.8 Å². The van der Waals surface area contributed by atoms with E-state index >= 15 is 0 Å². The number of aliphatic hydroxyl groups is 2. The minimum atomic E-state index is -1.01. The van der Waals surface area contributed by atoms with Crippen molar-refractivity contribution in [3.63, 3.8) is 0 Å². The van der Waals surface area contributed by atoms with E-state index in [0.717, 1.165) is 44.9 Å². The summed E-state index contributed by atoms with van der Waals surface area (Å²) in [6.45, 7) is 6.83. The third kappa shape index (κ3) is 4.11. The molecule has 10 atom stereocenters. The summed E-state index contributed by atoms with van der Waals surface area (Å²) in [6, 6.07) is 0. The van der Waals surface area contributed by atoms with Gasteiger partial charge in [0.1, 0.15) is 6.54 Å². The molecule has 6 heteroatoms. The Labute approximate surface area is 192 Å². The zero-order valence-electron chi connectivity index (χ0n) is 20.1. The molecule has 0 radical (unpaired) electrons. The van der Waals surface area contributed by atoms with Crippen LogP contribution < -0.4 is 5.32 Å². The molecule has 0 bridgehead atoms. The highest BCUT2D eigenvalue weighted by atomic mass is 16.4. The SMILES string of the molecule is C[C@H](CCC(=O)NCC(=O)O)C1CCC2C3C(O)C[C@@H]4C[C@H](O)CC[C@]4(C)C3CC[C@@]21C. The molecular weight excluding hydrogens is 406 g/mol. The summed E-state index contributed by atoms with van der Waals surface area (Å²) in [7, 11) is 0. The fourth-order valence-corrected chi connectivity index (χ4v) is 9.00. The van der Waals surface area contributed by atoms with E-state index in [1.54, 1.807) is 0 Å². The van der Waals surface area contributed by atoms with Crippen LogP contribution in [0.3, 0.4) is 0 Å². The van der Waals surface area contributed by atoms with Gasteiger partial charge in [-0.2, -0.15) is 0 Å². The smallest absolute Gasteiger partial charge is 0.322 e.